The fourth-order valence-corrected chi connectivity index (χ4v) is 0.680. The summed E-state index contributed by atoms with van der Waals surface area (Å²) in [5.74, 6) is 0. The molecule has 2 rings (SSSR count). The first-order valence-electron chi connectivity index (χ1n) is 3.79. The predicted molar refractivity (Wildman–Crippen MR) is 50.3 cm³/mol. The van der Waals surface area contributed by atoms with Crippen molar-refractivity contribution in [3.63, 3.8) is 0 Å². The Balaban J connectivity index is 0.000000168. The van der Waals surface area contributed by atoms with Crippen LogP contribution in [0.4, 0.5) is 0 Å². The van der Waals surface area contributed by atoms with Crippen molar-refractivity contribution < 1.29 is 23.9 Å². The van der Waals surface area contributed by atoms with Gasteiger partial charge in [0.05, 0.1) is 0 Å². The van der Waals surface area contributed by atoms with Crippen LogP contribution in [0.1, 0.15) is 12.8 Å². The van der Waals surface area contributed by atoms with E-state index in [1.165, 1.54) is 0 Å². The molecule has 0 saturated heterocycles. The molecular weight excluding hydrogens is 311 g/mol. The summed E-state index contributed by atoms with van der Waals surface area (Å²) in [7, 11) is 0. The topological polar surface area (TPSA) is 0 Å². The van der Waals surface area contributed by atoms with Crippen molar-refractivity contribution in [2.24, 2.45) is 0 Å². The molecule has 0 bridgehead atoms. The first-order chi connectivity index (χ1) is 6.00. The van der Waals surface area contributed by atoms with E-state index in [1.807, 2.05) is 24.3 Å². The molecule has 0 amide bonds. The van der Waals surface area contributed by atoms with Crippen LogP contribution in [0.25, 0.3) is 0 Å². The van der Waals surface area contributed by atoms with E-state index in [-0.39, 0.29) is 0 Å². The van der Waals surface area contributed by atoms with E-state index in [2.05, 4.69) is 28.6 Å². The molecule has 0 saturated carbocycles. The van der Waals surface area contributed by atoms with E-state index in [0.717, 1.165) is 36.7 Å². The Morgan fingerprint density at radius 3 is 1.42 bits per heavy atom. The van der Waals surface area contributed by atoms with Gasteiger partial charge >= 0.3 is 28.2 Å². The van der Waals surface area contributed by atoms with Crippen molar-refractivity contribution in [3.05, 3.63) is 48.6 Å². The molecule has 2 aliphatic carbocycles. The van der Waals surface area contributed by atoms with Gasteiger partial charge in [0.2, 0.25) is 0 Å². The molecule has 1 heteroatoms. The van der Waals surface area contributed by atoms with Crippen LogP contribution in [-0.2, 0) is 23.9 Å². The third-order valence-electron chi connectivity index (χ3n) is 1.17. The SMILES string of the molecule is [C-]1=CC=CC1.[C-]1=CC=CC1.[CH2]=[Hf+2]. The van der Waals surface area contributed by atoms with Gasteiger partial charge in [-0.2, -0.15) is 12.2 Å². The molecule has 0 aromatic carbocycles. The second-order valence-corrected chi connectivity index (χ2v) is 2.01. The molecule has 12 heavy (non-hydrogen) atoms. The molecule has 0 heterocycles. The number of rotatable bonds is 0. The van der Waals surface area contributed by atoms with Gasteiger partial charge < -0.3 is 0 Å². The molecule has 0 unspecified atom stereocenters. The quantitative estimate of drug-likeness (QED) is 0.475. The minimum absolute atomic E-state index is 1.01. The van der Waals surface area contributed by atoms with Crippen LogP contribution in [0.15, 0.2) is 36.5 Å². The van der Waals surface area contributed by atoms with Crippen LogP contribution in [0, 0.1) is 12.2 Å². The van der Waals surface area contributed by atoms with Crippen molar-refractivity contribution in [3.8, 4) is 0 Å². The molecule has 0 N–H and O–H groups in total. The Hall–Kier alpha value is -0.300. The van der Waals surface area contributed by atoms with Gasteiger partial charge in [-0.05, 0) is 0 Å². The number of hydrogen-bond donors (Lipinski definition) is 0. The summed E-state index contributed by atoms with van der Waals surface area (Å²) in [5, 5.41) is 0. The van der Waals surface area contributed by atoms with Crippen molar-refractivity contribution >= 4 is 4.26 Å². The molecule has 0 fully saturated rings. The van der Waals surface area contributed by atoms with Crippen molar-refractivity contribution in [2.75, 3.05) is 0 Å². The Bertz CT molecular complexity index is 155. The maximum atomic E-state index is 3.39. The fourth-order valence-electron chi connectivity index (χ4n) is 0.680. The number of hydrogen-bond acceptors (Lipinski definition) is 0. The zero-order valence-electron chi connectivity index (χ0n) is 7.09. The van der Waals surface area contributed by atoms with Gasteiger partial charge in [-0.25, -0.2) is 24.3 Å². The van der Waals surface area contributed by atoms with Gasteiger partial charge in [-0.1, -0.05) is 0 Å². The molecule has 0 spiro atoms. The molecule has 2 aliphatic rings. The third kappa shape index (κ3) is 7.80. The fraction of sp³-hybridized carbons (Fsp3) is 0.182. The Morgan fingerprint density at radius 2 is 1.33 bits per heavy atom. The average molecular weight is 323 g/mol. The van der Waals surface area contributed by atoms with Crippen LogP contribution >= 0.6 is 0 Å². The van der Waals surface area contributed by atoms with Crippen LogP contribution in [0.5, 0.6) is 0 Å². The van der Waals surface area contributed by atoms with Crippen molar-refractivity contribution in [1.29, 1.82) is 0 Å². The molecule has 0 radical (unpaired) electrons. The Morgan fingerprint density at radius 1 is 0.917 bits per heavy atom. The van der Waals surface area contributed by atoms with E-state index in [4.69, 9.17) is 0 Å². The Kier molecular flexibility index (Phi) is 10.4. The van der Waals surface area contributed by atoms with Crippen LogP contribution in [0.3, 0.4) is 0 Å². The molecular formula is C11H12Hf. The van der Waals surface area contributed by atoms with E-state index < -0.39 is 0 Å². The van der Waals surface area contributed by atoms with Crippen molar-refractivity contribution in [1.82, 2.24) is 0 Å². The summed E-state index contributed by atoms with van der Waals surface area (Å²) < 4.78 is 3.39. The van der Waals surface area contributed by atoms with Gasteiger partial charge in [-0.15, -0.1) is 12.8 Å². The first-order valence-corrected chi connectivity index (χ1v) is 6.33. The predicted octanol–water partition coefficient (Wildman–Crippen LogP) is 2.58. The zero-order valence-corrected chi connectivity index (χ0v) is 10.7. The van der Waals surface area contributed by atoms with E-state index >= 15 is 0 Å². The molecule has 0 aromatic heterocycles. The summed E-state index contributed by atoms with van der Waals surface area (Å²) in [4.78, 5) is 0. The summed E-state index contributed by atoms with van der Waals surface area (Å²) >= 11 is 1.06. The average Bonchev–Trinajstić information content (AvgIpc) is 2.87. The standard InChI is InChI=1S/2C5H5.CH2.Hf/c2*1-2-4-5-3-1;;/h2*1-3H,4H2;1H2;/q2*-1;;+2. The van der Waals surface area contributed by atoms with Crippen LogP contribution in [-0.4, -0.2) is 4.26 Å². The van der Waals surface area contributed by atoms with E-state index in [0.29, 0.717) is 0 Å². The first kappa shape index (κ1) is 11.7. The second-order valence-electron chi connectivity index (χ2n) is 2.01. The second kappa shape index (κ2) is 10.7. The minimum atomic E-state index is 1.01. The van der Waals surface area contributed by atoms with Crippen LogP contribution < -0.4 is 0 Å². The monoisotopic (exact) mass is 324 g/mol. The summed E-state index contributed by atoms with van der Waals surface area (Å²) in [5.41, 5.74) is 0. The van der Waals surface area contributed by atoms with Crippen molar-refractivity contribution in [2.45, 2.75) is 12.8 Å². The Labute approximate surface area is 89.4 Å². The number of allylic oxidation sites excluding steroid dienone is 8. The van der Waals surface area contributed by atoms with Gasteiger partial charge in [0.1, 0.15) is 0 Å². The van der Waals surface area contributed by atoms with E-state index in [9.17, 15) is 0 Å². The molecule has 0 atom stereocenters. The van der Waals surface area contributed by atoms with Gasteiger partial charge in [0, 0.05) is 0 Å². The molecule has 0 nitrogen and oxygen atoms in total. The molecule has 0 aliphatic heterocycles. The molecule has 0 aromatic rings. The summed E-state index contributed by atoms with van der Waals surface area (Å²) in [6.07, 6.45) is 20.0. The van der Waals surface area contributed by atoms with Gasteiger partial charge in [0.25, 0.3) is 0 Å². The third-order valence-corrected chi connectivity index (χ3v) is 1.17. The summed E-state index contributed by atoms with van der Waals surface area (Å²) in [6, 6.07) is 0. The molecule has 60 valence electrons. The van der Waals surface area contributed by atoms with E-state index in [1.54, 1.807) is 0 Å². The van der Waals surface area contributed by atoms with Gasteiger partial charge in [0.15, 0.2) is 0 Å². The van der Waals surface area contributed by atoms with Crippen LogP contribution in [0.2, 0.25) is 0 Å². The summed E-state index contributed by atoms with van der Waals surface area (Å²) in [6.45, 7) is 0. The maximum absolute atomic E-state index is 3.39. The van der Waals surface area contributed by atoms with Gasteiger partial charge in [-0.3, -0.25) is 12.2 Å². The zero-order chi connectivity index (χ0) is 9.07. The normalized spacial score (nSPS) is 15.2.